The van der Waals surface area contributed by atoms with Gasteiger partial charge in [0.15, 0.2) is 11.6 Å². The third kappa shape index (κ3) is 2.71. The summed E-state index contributed by atoms with van der Waals surface area (Å²) in [4.78, 5) is 0. The first kappa shape index (κ1) is 14.9. The minimum atomic E-state index is -0.808. The fraction of sp³-hybridized carbons (Fsp3) is 0.133. The Morgan fingerprint density at radius 1 is 1.10 bits per heavy atom. The van der Waals surface area contributed by atoms with Crippen LogP contribution in [0.2, 0.25) is 5.02 Å². The Kier molecular flexibility index (Phi) is 3.92. The highest BCUT2D eigenvalue weighted by Crippen LogP contribution is 2.39. The molecule has 0 saturated heterocycles. The second kappa shape index (κ2) is 5.51. The molecule has 0 aliphatic carbocycles. The van der Waals surface area contributed by atoms with Crippen LogP contribution in [-0.4, -0.2) is 0 Å². The van der Waals surface area contributed by atoms with E-state index in [0.717, 1.165) is 0 Å². The first-order valence-corrected chi connectivity index (χ1v) is 6.45. The van der Waals surface area contributed by atoms with E-state index in [4.69, 9.17) is 33.1 Å². The molecule has 0 aliphatic rings. The van der Waals surface area contributed by atoms with E-state index in [1.54, 1.807) is 26.0 Å². The summed E-state index contributed by atoms with van der Waals surface area (Å²) in [5, 5.41) is 8.69. The van der Waals surface area contributed by atoms with Gasteiger partial charge in [0, 0.05) is 0 Å². The first-order valence-electron chi connectivity index (χ1n) is 6.07. The molecule has 2 aromatic rings. The quantitative estimate of drug-likeness (QED) is 0.823. The van der Waals surface area contributed by atoms with Crippen LogP contribution in [0.1, 0.15) is 16.7 Å². The topological polar surface area (TPSA) is 85.1 Å². The van der Waals surface area contributed by atoms with Gasteiger partial charge in [0.2, 0.25) is 0 Å². The standard InChI is InChI=1S/C15H13ClFN3O/c1-7-3-9(6-18)4-8(2)14(7)21-15-11(20)5-10(19)12(16)13(15)17/h3-5H,19-20H2,1-2H3. The molecule has 0 heterocycles. The van der Waals surface area contributed by atoms with Crippen LogP contribution in [0.4, 0.5) is 15.8 Å². The number of nitrogen functional groups attached to an aromatic ring is 2. The lowest BCUT2D eigenvalue weighted by Gasteiger charge is -2.15. The number of nitrogens with zero attached hydrogens (tertiary/aromatic N) is 1. The fourth-order valence-corrected chi connectivity index (χ4v) is 2.17. The van der Waals surface area contributed by atoms with Crippen molar-refractivity contribution in [3.05, 3.63) is 45.7 Å². The van der Waals surface area contributed by atoms with Gasteiger partial charge < -0.3 is 16.2 Å². The van der Waals surface area contributed by atoms with Crippen molar-refractivity contribution < 1.29 is 9.13 Å². The second-order valence-corrected chi connectivity index (χ2v) is 5.04. The van der Waals surface area contributed by atoms with Crippen molar-refractivity contribution in [2.45, 2.75) is 13.8 Å². The van der Waals surface area contributed by atoms with Crippen LogP contribution in [0.25, 0.3) is 0 Å². The molecule has 0 radical (unpaired) electrons. The molecule has 0 bridgehead atoms. The molecule has 0 spiro atoms. The number of anilines is 2. The van der Waals surface area contributed by atoms with Crippen LogP contribution in [-0.2, 0) is 0 Å². The Labute approximate surface area is 126 Å². The molecule has 0 saturated carbocycles. The minimum Gasteiger partial charge on any atom is -0.451 e. The molecule has 0 aliphatic heterocycles. The molecule has 6 heteroatoms. The van der Waals surface area contributed by atoms with Gasteiger partial charge in [0.05, 0.1) is 23.0 Å². The van der Waals surface area contributed by atoms with E-state index < -0.39 is 5.82 Å². The third-order valence-electron chi connectivity index (χ3n) is 3.01. The molecule has 2 aromatic carbocycles. The van der Waals surface area contributed by atoms with Gasteiger partial charge in [-0.1, -0.05) is 11.6 Å². The average Bonchev–Trinajstić information content (AvgIpc) is 2.43. The van der Waals surface area contributed by atoms with E-state index in [1.807, 2.05) is 6.07 Å². The number of aryl methyl sites for hydroxylation is 2. The molecule has 0 fully saturated rings. The molecule has 0 aromatic heterocycles. The largest absolute Gasteiger partial charge is 0.451 e. The van der Waals surface area contributed by atoms with Crippen LogP contribution >= 0.6 is 11.6 Å². The zero-order valence-electron chi connectivity index (χ0n) is 11.5. The van der Waals surface area contributed by atoms with Gasteiger partial charge in [-0.2, -0.15) is 5.26 Å². The van der Waals surface area contributed by atoms with Gasteiger partial charge in [0.1, 0.15) is 10.8 Å². The maximum atomic E-state index is 14.1. The summed E-state index contributed by atoms with van der Waals surface area (Å²) >= 11 is 5.77. The summed E-state index contributed by atoms with van der Waals surface area (Å²) in [5.41, 5.74) is 13.3. The highest BCUT2D eigenvalue weighted by molar-refractivity contribution is 6.33. The molecule has 4 nitrogen and oxygen atoms in total. The van der Waals surface area contributed by atoms with Gasteiger partial charge in [-0.15, -0.1) is 0 Å². The number of hydrogen-bond donors (Lipinski definition) is 2. The molecule has 108 valence electrons. The minimum absolute atomic E-state index is 0.0484. The molecule has 21 heavy (non-hydrogen) atoms. The summed E-state index contributed by atoms with van der Waals surface area (Å²) < 4.78 is 19.7. The molecular formula is C15H13ClFN3O. The van der Waals surface area contributed by atoms with Crippen molar-refractivity contribution in [2.75, 3.05) is 11.5 Å². The summed E-state index contributed by atoms with van der Waals surface area (Å²) in [7, 11) is 0. The number of nitrogens with two attached hydrogens (primary N) is 2. The van der Waals surface area contributed by atoms with E-state index in [2.05, 4.69) is 0 Å². The van der Waals surface area contributed by atoms with Crippen LogP contribution in [0.15, 0.2) is 18.2 Å². The van der Waals surface area contributed by atoms with E-state index in [-0.39, 0.29) is 22.1 Å². The maximum absolute atomic E-state index is 14.1. The fourth-order valence-electron chi connectivity index (χ4n) is 2.03. The Balaban J connectivity index is 2.54. The highest BCUT2D eigenvalue weighted by Gasteiger charge is 2.18. The zero-order valence-corrected chi connectivity index (χ0v) is 12.3. The molecule has 0 atom stereocenters. The number of rotatable bonds is 2. The van der Waals surface area contributed by atoms with E-state index in [9.17, 15) is 4.39 Å². The van der Waals surface area contributed by atoms with Gasteiger partial charge in [-0.25, -0.2) is 4.39 Å². The predicted octanol–water partition coefficient (Wildman–Crippen LogP) is 3.92. The molecule has 0 amide bonds. The van der Waals surface area contributed by atoms with Crippen LogP contribution < -0.4 is 16.2 Å². The van der Waals surface area contributed by atoms with Crippen molar-refractivity contribution >= 4 is 23.0 Å². The van der Waals surface area contributed by atoms with Gasteiger partial charge in [-0.05, 0) is 43.2 Å². The van der Waals surface area contributed by atoms with Crippen molar-refractivity contribution in [2.24, 2.45) is 0 Å². The summed E-state index contributed by atoms with van der Waals surface area (Å²) in [6.45, 7) is 3.52. The van der Waals surface area contributed by atoms with Crippen molar-refractivity contribution in [1.82, 2.24) is 0 Å². The Hall–Kier alpha value is -2.45. The molecule has 0 unspecified atom stereocenters. The summed E-state index contributed by atoms with van der Waals surface area (Å²) in [6, 6.07) is 6.69. The van der Waals surface area contributed by atoms with Crippen LogP contribution in [0, 0.1) is 31.0 Å². The SMILES string of the molecule is Cc1cc(C#N)cc(C)c1Oc1c(N)cc(N)c(Cl)c1F. The Morgan fingerprint density at radius 3 is 2.19 bits per heavy atom. The summed E-state index contributed by atoms with van der Waals surface area (Å²) in [6.07, 6.45) is 0. The van der Waals surface area contributed by atoms with Gasteiger partial charge >= 0.3 is 0 Å². The highest BCUT2D eigenvalue weighted by atomic mass is 35.5. The van der Waals surface area contributed by atoms with Crippen LogP contribution in [0.5, 0.6) is 11.5 Å². The van der Waals surface area contributed by atoms with Gasteiger partial charge in [0.25, 0.3) is 0 Å². The lowest BCUT2D eigenvalue weighted by molar-refractivity contribution is 0.439. The predicted molar refractivity (Wildman–Crippen MR) is 80.9 cm³/mol. The average molecular weight is 306 g/mol. The van der Waals surface area contributed by atoms with Crippen LogP contribution in [0.3, 0.4) is 0 Å². The lowest BCUT2D eigenvalue weighted by atomic mass is 10.1. The molecule has 2 rings (SSSR count). The van der Waals surface area contributed by atoms with E-state index >= 15 is 0 Å². The molecular weight excluding hydrogens is 293 g/mol. The molecule has 4 N–H and O–H groups in total. The number of nitriles is 1. The number of ether oxygens (including phenoxy) is 1. The third-order valence-corrected chi connectivity index (χ3v) is 3.40. The zero-order chi connectivity index (χ0) is 15.7. The first-order chi connectivity index (χ1) is 9.85. The number of halogens is 2. The van der Waals surface area contributed by atoms with E-state index in [1.165, 1.54) is 6.07 Å². The lowest BCUT2D eigenvalue weighted by Crippen LogP contribution is -2.01. The van der Waals surface area contributed by atoms with Crippen molar-refractivity contribution in [3.8, 4) is 17.6 Å². The Morgan fingerprint density at radius 2 is 1.67 bits per heavy atom. The number of benzene rings is 2. The Bertz CT molecular complexity index is 745. The van der Waals surface area contributed by atoms with Crippen molar-refractivity contribution in [1.29, 1.82) is 5.26 Å². The van der Waals surface area contributed by atoms with Gasteiger partial charge in [-0.3, -0.25) is 0 Å². The smallest absolute Gasteiger partial charge is 0.188 e. The second-order valence-electron chi connectivity index (χ2n) is 4.67. The maximum Gasteiger partial charge on any atom is 0.188 e. The monoisotopic (exact) mass is 305 g/mol. The number of hydrogen-bond acceptors (Lipinski definition) is 4. The normalized spacial score (nSPS) is 10.2. The summed E-state index contributed by atoms with van der Waals surface area (Å²) in [5.74, 6) is -0.553. The van der Waals surface area contributed by atoms with E-state index in [0.29, 0.717) is 22.4 Å². The van der Waals surface area contributed by atoms with Crippen molar-refractivity contribution in [3.63, 3.8) is 0 Å².